The van der Waals surface area contributed by atoms with Crippen LogP contribution in [-0.2, 0) is 0 Å². The van der Waals surface area contributed by atoms with Crippen molar-refractivity contribution in [2.75, 3.05) is 13.1 Å². The monoisotopic (exact) mass is 200 g/mol. The average Bonchev–Trinajstić information content (AvgIpc) is 2.14. The molecule has 0 radical (unpaired) electrons. The van der Waals surface area contributed by atoms with Gasteiger partial charge in [-0.3, -0.25) is 0 Å². The van der Waals surface area contributed by atoms with E-state index in [0.29, 0.717) is 25.0 Å². The van der Waals surface area contributed by atoms with Crippen molar-refractivity contribution in [2.24, 2.45) is 11.7 Å². The maximum atomic E-state index is 10.3. The van der Waals surface area contributed by atoms with Crippen molar-refractivity contribution in [3.8, 4) is 0 Å². The summed E-state index contributed by atoms with van der Waals surface area (Å²) in [5.74, 6) is 0.656. The van der Waals surface area contributed by atoms with E-state index in [-0.39, 0.29) is 0 Å². The number of nitrogens with one attached hydrogen (secondary N) is 1. The van der Waals surface area contributed by atoms with Gasteiger partial charge >= 0.3 is 0 Å². The molecule has 4 N–H and O–H groups in total. The summed E-state index contributed by atoms with van der Waals surface area (Å²) >= 11 is 0. The molecule has 0 aromatic rings. The molecule has 0 aliphatic heterocycles. The minimum Gasteiger partial charge on any atom is -0.389 e. The molecular weight excluding hydrogens is 176 g/mol. The first-order chi connectivity index (χ1) is 6.56. The summed E-state index contributed by atoms with van der Waals surface area (Å²) in [5, 5.41) is 13.6. The van der Waals surface area contributed by atoms with Gasteiger partial charge in [-0.05, 0) is 25.7 Å². The second-order valence-electron chi connectivity index (χ2n) is 4.94. The van der Waals surface area contributed by atoms with Gasteiger partial charge in [-0.25, -0.2) is 0 Å². The van der Waals surface area contributed by atoms with Crippen molar-refractivity contribution < 1.29 is 5.11 Å². The first-order valence-corrected chi connectivity index (χ1v) is 5.71. The molecule has 1 saturated carbocycles. The fraction of sp³-hybridized carbons (Fsp3) is 1.00. The second-order valence-corrected chi connectivity index (χ2v) is 4.94. The molecule has 14 heavy (non-hydrogen) atoms. The first-order valence-electron chi connectivity index (χ1n) is 5.71. The van der Waals surface area contributed by atoms with Crippen molar-refractivity contribution in [2.45, 2.75) is 51.2 Å². The molecule has 3 atom stereocenters. The Morgan fingerprint density at radius 2 is 2.36 bits per heavy atom. The zero-order valence-electron chi connectivity index (χ0n) is 9.42. The molecule has 3 heteroatoms. The predicted molar refractivity (Wildman–Crippen MR) is 59.1 cm³/mol. The fourth-order valence-corrected chi connectivity index (χ4v) is 2.24. The van der Waals surface area contributed by atoms with Gasteiger partial charge in [0.05, 0.1) is 5.60 Å². The van der Waals surface area contributed by atoms with Crippen LogP contribution >= 0.6 is 0 Å². The van der Waals surface area contributed by atoms with Crippen LogP contribution in [0.4, 0.5) is 0 Å². The molecule has 84 valence electrons. The lowest BCUT2D eigenvalue weighted by Gasteiger charge is -2.36. The normalized spacial score (nSPS) is 35.6. The van der Waals surface area contributed by atoms with Crippen molar-refractivity contribution in [1.82, 2.24) is 5.32 Å². The largest absolute Gasteiger partial charge is 0.389 e. The Labute approximate surface area is 87.1 Å². The molecule has 0 bridgehead atoms. The molecule has 0 spiro atoms. The number of nitrogens with two attached hydrogens (primary N) is 1. The molecule has 1 fully saturated rings. The third-order valence-electron chi connectivity index (χ3n) is 3.20. The molecule has 0 aromatic heterocycles. The molecular formula is C11H24N2O. The van der Waals surface area contributed by atoms with E-state index in [2.05, 4.69) is 19.2 Å². The van der Waals surface area contributed by atoms with Crippen LogP contribution < -0.4 is 11.1 Å². The molecule has 3 unspecified atom stereocenters. The van der Waals surface area contributed by atoms with Gasteiger partial charge in [-0.1, -0.05) is 19.8 Å². The molecule has 1 rings (SSSR count). The van der Waals surface area contributed by atoms with E-state index in [1.165, 1.54) is 6.42 Å². The highest BCUT2D eigenvalue weighted by Gasteiger charge is 2.32. The number of rotatable bonds is 4. The highest BCUT2D eigenvalue weighted by atomic mass is 16.3. The first kappa shape index (κ1) is 12.0. The van der Waals surface area contributed by atoms with Gasteiger partial charge < -0.3 is 16.2 Å². The van der Waals surface area contributed by atoms with E-state index < -0.39 is 5.60 Å². The van der Waals surface area contributed by atoms with Gasteiger partial charge in [0, 0.05) is 19.1 Å². The summed E-state index contributed by atoms with van der Waals surface area (Å²) in [6, 6.07) is 0.302. The van der Waals surface area contributed by atoms with E-state index in [1.807, 2.05) is 0 Å². The third-order valence-corrected chi connectivity index (χ3v) is 3.20. The highest BCUT2D eigenvalue weighted by molar-refractivity contribution is 4.87. The van der Waals surface area contributed by atoms with Crippen LogP contribution in [0, 0.1) is 5.92 Å². The zero-order valence-corrected chi connectivity index (χ0v) is 9.42. The quantitative estimate of drug-likeness (QED) is 0.631. The summed E-state index contributed by atoms with van der Waals surface area (Å²) in [7, 11) is 0. The summed E-state index contributed by atoms with van der Waals surface area (Å²) in [6.45, 7) is 5.59. The summed E-state index contributed by atoms with van der Waals surface area (Å²) in [4.78, 5) is 0. The van der Waals surface area contributed by atoms with Crippen molar-refractivity contribution in [3.05, 3.63) is 0 Å². The maximum absolute atomic E-state index is 10.3. The van der Waals surface area contributed by atoms with Crippen LogP contribution in [0.2, 0.25) is 0 Å². The smallest absolute Gasteiger partial charge is 0.0774 e. The Morgan fingerprint density at radius 1 is 1.64 bits per heavy atom. The predicted octanol–water partition coefficient (Wildman–Crippen LogP) is 0.864. The minimum absolute atomic E-state index is 0.302. The topological polar surface area (TPSA) is 58.3 Å². The standard InChI is InChI=1S/C11H24N2O/c1-9-4-3-5-11(14,6-9)8-13-10(2)7-12/h9-10,13-14H,3-8,12H2,1-2H3. The molecule has 1 aliphatic carbocycles. The Balaban J connectivity index is 2.33. The summed E-state index contributed by atoms with van der Waals surface area (Å²) < 4.78 is 0. The number of hydrogen-bond donors (Lipinski definition) is 3. The van der Waals surface area contributed by atoms with Crippen molar-refractivity contribution in [1.29, 1.82) is 0 Å². The Hall–Kier alpha value is -0.120. The van der Waals surface area contributed by atoms with Crippen LogP contribution in [0.25, 0.3) is 0 Å². The molecule has 0 saturated heterocycles. The van der Waals surface area contributed by atoms with Gasteiger partial charge in [0.1, 0.15) is 0 Å². The van der Waals surface area contributed by atoms with Crippen molar-refractivity contribution >= 4 is 0 Å². The minimum atomic E-state index is -0.485. The van der Waals surface area contributed by atoms with Crippen LogP contribution in [0.3, 0.4) is 0 Å². The number of hydrogen-bond acceptors (Lipinski definition) is 3. The van der Waals surface area contributed by atoms with E-state index >= 15 is 0 Å². The van der Waals surface area contributed by atoms with Gasteiger partial charge in [0.25, 0.3) is 0 Å². The lowest BCUT2D eigenvalue weighted by atomic mass is 9.79. The SMILES string of the molecule is CC1CCCC(O)(CNC(C)CN)C1. The van der Waals surface area contributed by atoms with Gasteiger partial charge in [-0.2, -0.15) is 0 Å². The van der Waals surface area contributed by atoms with Crippen molar-refractivity contribution in [3.63, 3.8) is 0 Å². The van der Waals surface area contributed by atoms with Crippen LogP contribution in [0.1, 0.15) is 39.5 Å². The molecule has 0 aromatic carbocycles. The highest BCUT2D eigenvalue weighted by Crippen LogP contribution is 2.31. The summed E-state index contributed by atoms with van der Waals surface area (Å²) in [6.07, 6.45) is 4.27. The maximum Gasteiger partial charge on any atom is 0.0774 e. The van der Waals surface area contributed by atoms with E-state index in [4.69, 9.17) is 5.73 Å². The fourth-order valence-electron chi connectivity index (χ4n) is 2.24. The Bertz CT molecular complexity index is 175. The van der Waals surface area contributed by atoms with Crippen LogP contribution in [-0.4, -0.2) is 29.8 Å². The summed E-state index contributed by atoms with van der Waals surface area (Å²) in [5.41, 5.74) is 5.03. The van der Waals surface area contributed by atoms with Gasteiger partial charge in [-0.15, -0.1) is 0 Å². The molecule has 0 amide bonds. The van der Waals surface area contributed by atoms with E-state index in [0.717, 1.165) is 19.3 Å². The lowest BCUT2D eigenvalue weighted by Crippen LogP contribution is -2.48. The third kappa shape index (κ3) is 3.56. The Kier molecular flexibility index (Phi) is 4.35. The van der Waals surface area contributed by atoms with E-state index in [9.17, 15) is 5.11 Å². The number of aliphatic hydroxyl groups is 1. The van der Waals surface area contributed by atoms with Gasteiger partial charge in [0.2, 0.25) is 0 Å². The molecule has 0 heterocycles. The van der Waals surface area contributed by atoms with Crippen LogP contribution in [0.5, 0.6) is 0 Å². The average molecular weight is 200 g/mol. The Morgan fingerprint density at radius 3 is 2.93 bits per heavy atom. The molecule has 1 aliphatic rings. The molecule has 3 nitrogen and oxygen atoms in total. The second kappa shape index (κ2) is 5.10. The zero-order chi connectivity index (χ0) is 10.6. The van der Waals surface area contributed by atoms with Gasteiger partial charge in [0.15, 0.2) is 0 Å². The lowest BCUT2D eigenvalue weighted by molar-refractivity contribution is -0.0131. The van der Waals surface area contributed by atoms with Crippen LogP contribution in [0.15, 0.2) is 0 Å². The van der Waals surface area contributed by atoms with E-state index in [1.54, 1.807) is 0 Å².